The van der Waals surface area contributed by atoms with Crippen molar-refractivity contribution in [2.45, 2.75) is 13.8 Å². The first kappa shape index (κ1) is 48.6. The Hall–Kier alpha value is -8.84. The summed E-state index contributed by atoms with van der Waals surface area (Å²) in [6.07, 6.45) is 62.1. The maximum absolute atomic E-state index is 4.55. The van der Waals surface area contributed by atoms with Crippen LogP contribution >= 0.6 is 0 Å². The Morgan fingerprint density at radius 3 is 1.72 bits per heavy atom. The first-order valence-electron chi connectivity index (χ1n) is 24.4. The molecule has 0 aliphatic heterocycles. The van der Waals surface area contributed by atoms with Gasteiger partial charge < -0.3 is 0 Å². The molecule has 3 aliphatic carbocycles. The first-order valence-corrected chi connectivity index (χ1v) is 24.4. The molecule has 0 bridgehead atoms. The molecule has 0 saturated heterocycles. The maximum atomic E-state index is 4.55. The molecule has 0 fully saturated rings. The Morgan fingerprint density at radius 2 is 1.07 bits per heavy atom. The van der Waals surface area contributed by atoms with E-state index in [2.05, 4.69) is 312 Å². The van der Waals surface area contributed by atoms with Crippen LogP contribution in [0.3, 0.4) is 0 Å². The number of hydrogen-bond acceptors (Lipinski definition) is 0. The molecule has 3 aliphatic rings. The molecule has 1 atom stereocenters. The van der Waals surface area contributed by atoms with Gasteiger partial charge in [-0.3, -0.25) is 0 Å². The molecule has 5 aromatic rings. The number of fused-ring (bicyclic) bond motifs is 3. The molecule has 0 nitrogen and oxygen atoms in total. The van der Waals surface area contributed by atoms with E-state index in [0.29, 0.717) is 5.92 Å². The smallest absolute Gasteiger partial charge is 0.00264 e. The lowest BCUT2D eigenvalue weighted by atomic mass is 9.85. The van der Waals surface area contributed by atoms with Crippen molar-refractivity contribution in [3.05, 3.63) is 335 Å². The molecule has 344 valence electrons. The predicted molar refractivity (Wildman–Crippen MR) is 314 cm³/mol. The van der Waals surface area contributed by atoms with Gasteiger partial charge in [0.25, 0.3) is 0 Å². The van der Waals surface area contributed by atoms with Gasteiger partial charge in [-0.15, -0.1) is 0 Å². The average molecular weight is 913 g/mol. The zero-order valence-electron chi connectivity index (χ0n) is 40.8. The van der Waals surface area contributed by atoms with Crippen LogP contribution < -0.4 is 20.9 Å². The summed E-state index contributed by atoms with van der Waals surface area (Å²) in [5, 5.41) is 6.75. The minimum absolute atomic E-state index is 0.324. The minimum Gasteiger partial charge on any atom is -0.0991 e. The van der Waals surface area contributed by atoms with Crippen molar-refractivity contribution in [1.29, 1.82) is 0 Å². The molecule has 0 radical (unpaired) electrons. The van der Waals surface area contributed by atoms with E-state index in [0.717, 1.165) is 92.9 Å². The maximum Gasteiger partial charge on any atom is -0.00264 e. The summed E-state index contributed by atoms with van der Waals surface area (Å²) in [5.74, 6) is 0.324. The normalized spacial score (nSPS) is 23.6. The Morgan fingerprint density at radius 1 is 0.493 bits per heavy atom. The standard InChI is InChI=1S/C71H60/c1-5-7-16-37-60(29-6-2)67-43-22-15-14-21-40-64-52-68(61-38-19-12-8-10-17-31-56-33-23-25-35-58(56)47-49-61)69(62-39-20-13-9-11-18-32-57-34-24-26-36-59(57)48-50-62)53-70(64)71(67)65-42-28-41-63(51-65)66-44-27-30-54(3)45-46-55(66)4/h5-54H,1,4H2,2-3H3/b10-8?,11-9?,12-8+,13-9+,15-14?,16-7-,17-10+,18-11+,19-12?,20-13?,21-14?,22-15?,29-6+,30-27-,31-17?,32-18?,38-19-,39-20-,40-21?,43-22?,46-45-,49-47?,50-48?,56-31-,57-32-,58-47-,59-48-,60-37+,61-38?,61-49+,62-39?,62-50+,64-40?,66-44+,67-43?,71-67?,71-70?. The summed E-state index contributed by atoms with van der Waals surface area (Å²) in [6.45, 7) is 12.8. The summed E-state index contributed by atoms with van der Waals surface area (Å²) in [4.78, 5) is 0. The predicted octanol–water partition coefficient (Wildman–Crippen LogP) is 15.7. The van der Waals surface area contributed by atoms with Crippen LogP contribution in [0.4, 0.5) is 0 Å². The van der Waals surface area contributed by atoms with Gasteiger partial charge in [0.1, 0.15) is 0 Å². The van der Waals surface area contributed by atoms with Crippen molar-refractivity contribution in [3.8, 4) is 11.1 Å². The van der Waals surface area contributed by atoms with E-state index < -0.39 is 0 Å². The van der Waals surface area contributed by atoms with Crippen molar-refractivity contribution in [2.75, 3.05) is 0 Å². The monoisotopic (exact) mass is 912 g/mol. The minimum atomic E-state index is 0.324. The summed E-state index contributed by atoms with van der Waals surface area (Å²) in [5.41, 5.74) is 11.8. The van der Waals surface area contributed by atoms with Crippen LogP contribution in [0.1, 0.15) is 36.1 Å². The Kier molecular flexibility index (Phi) is 17.1. The second-order valence-corrected chi connectivity index (χ2v) is 17.3. The molecule has 0 heterocycles. The Labute approximate surface area is 421 Å². The van der Waals surface area contributed by atoms with Gasteiger partial charge in [0.2, 0.25) is 0 Å². The van der Waals surface area contributed by atoms with Gasteiger partial charge in [0.15, 0.2) is 0 Å². The highest BCUT2D eigenvalue weighted by molar-refractivity contribution is 6.06. The molecule has 0 spiro atoms. The highest BCUT2D eigenvalue weighted by Gasteiger charge is 2.17. The second kappa shape index (κ2) is 25.0. The number of allylic oxidation sites excluding steroid dienone is 30. The molecule has 0 aromatic heterocycles. The molecule has 8 rings (SSSR count). The lowest BCUT2D eigenvalue weighted by Crippen LogP contribution is -2.22. The molecule has 0 amide bonds. The molecule has 5 aromatic carbocycles. The van der Waals surface area contributed by atoms with E-state index in [1.807, 2.05) is 12.2 Å². The van der Waals surface area contributed by atoms with Gasteiger partial charge in [-0.25, -0.2) is 0 Å². The number of rotatable bonds is 8. The Balaban J connectivity index is 1.57. The molecule has 0 saturated carbocycles. The topological polar surface area (TPSA) is 0 Å². The van der Waals surface area contributed by atoms with E-state index in [-0.39, 0.29) is 0 Å². The fourth-order valence-corrected chi connectivity index (χ4v) is 8.78. The molecular weight excluding hydrogens is 853 g/mol. The molecule has 71 heavy (non-hydrogen) atoms. The second-order valence-electron chi connectivity index (χ2n) is 17.3. The fraction of sp³-hybridized carbons (Fsp3) is 0.0423. The van der Waals surface area contributed by atoms with Crippen LogP contribution in [0.25, 0.3) is 68.5 Å². The van der Waals surface area contributed by atoms with Gasteiger partial charge in [0, 0.05) is 0 Å². The summed E-state index contributed by atoms with van der Waals surface area (Å²) >= 11 is 0. The van der Waals surface area contributed by atoms with Crippen LogP contribution in [-0.4, -0.2) is 0 Å². The third kappa shape index (κ3) is 12.8. The van der Waals surface area contributed by atoms with E-state index in [4.69, 9.17) is 0 Å². The van der Waals surface area contributed by atoms with Crippen molar-refractivity contribution in [2.24, 2.45) is 5.92 Å². The SMILES string of the molecule is C=C\C=C/C=C(\C=C\C)c1ccccccc2cc(C3=C/C=c4/cccc/c4=C/C=C/C=C/C=C\3)c(C3=C/C=c4/cccc/c4=C/C=C/C=C/C=C\3)cc2c1-c1cccc(/C2=C/C=C\C(C)/C=C\C2=C)c1. The lowest BCUT2D eigenvalue weighted by Gasteiger charge is -2.19. The third-order valence-electron chi connectivity index (χ3n) is 12.4. The zero-order valence-corrected chi connectivity index (χ0v) is 40.8. The largest absolute Gasteiger partial charge is 0.0991 e. The van der Waals surface area contributed by atoms with Crippen LogP contribution in [0.15, 0.2) is 292 Å². The van der Waals surface area contributed by atoms with Crippen LogP contribution in [0, 0.1) is 5.92 Å². The molecule has 0 N–H and O–H groups in total. The molecule has 0 heteroatoms. The Bertz CT molecular complexity index is 3620. The summed E-state index contributed by atoms with van der Waals surface area (Å²) < 4.78 is 0. The highest BCUT2D eigenvalue weighted by atomic mass is 14.2. The van der Waals surface area contributed by atoms with Crippen LogP contribution in [0.5, 0.6) is 0 Å². The van der Waals surface area contributed by atoms with Crippen molar-refractivity contribution < 1.29 is 0 Å². The van der Waals surface area contributed by atoms with Crippen LogP contribution in [0.2, 0.25) is 0 Å². The summed E-state index contributed by atoms with van der Waals surface area (Å²) in [6, 6.07) is 43.9. The molecular formula is C71H60. The van der Waals surface area contributed by atoms with Crippen LogP contribution in [-0.2, 0) is 0 Å². The zero-order chi connectivity index (χ0) is 49.0. The molecule has 1 unspecified atom stereocenters. The highest BCUT2D eigenvalue weighted by Crippen LogP contribution is 2.40. The van der Waals surface area contributed by atoms with Crippen molar-refractivity contribution >= 4 is 57.4 Å². The number of hydrogen-bond donors (Lipinski definition) is 0. The number of benzene rings is 4. The van der Waals surface area contributed by atoms with Gasteiger partial charge in [-0.2, -0.15) is 0 Å². The van der Waals surface area contributed by atoms with E-state index >= 15 is 0 Å². The fourth-order valence-electron chi connectivity index (χ4n) is 8.78. The quantitative estimate of drug-likeness (QED) is 0.136. The van der Waals surface area contributed by atoms with E-state index in [9.17, 15) is 0 Å². The summed E-state index contributed by atoms with van der Waals surface area (Å²) in [7, 11) is 0. The third-order valence-corrected chi connectivity index (χ3v) is 12.4. The van der Waals surface area contributed by atoms with Crippen molar-refractivity contribution in [1.82, 2.24) is 0 Å². The van der Waals surface area contributed by atoms with Gasteiger partial charge >= 0.3 is 0 Å². The first-order chi connectivity index (χ1) is 35.0. The van der Waals surface area contributed by atoms with Gasteiger partial charge in [0.05, 0.1) is 0 Å². The van der Waals surface area contributed by atoms with Gasteiger partial charge in [-0.1, -0.05) is 299 Å². The van der Waals surface area contributed by atoms with E-state index in [1.54, 1.807) is 0 Å². The van der Waals surface area contributed by atoms with Crippen molar-refractivity contribution in [3.63, 3.8) is 0 Å². The lowest BCUT2D eigenvalue weighted by molar-refractivity contribution is 0.938. The van der Waals surface area contributed by atoms with E-state index in [1.165, 1.54) is 0 Å². The average Bonchev–Trinajstić information content (AvgIpc) is 3.38. The van der Waals surface area contributed by atoms with Gasteiger partial charge in [-0.05, 0) is 124 Å².